The number of hydrogen-bond acceptors (Lipinski definition) is 1. The van der Waals surface area contributed by atoms with Crippen LogP contribution in [0.3, 0.4) is 0 Å². The van der Waals surface area contributed by atoms with Crippen LogP contribution in [0.5, 0.6) is 0 Å². The maximum absolute atomic E-state index is 2.91. The highest BCUT2D eigenvalue weighted by Crippen LogP contribution is 2.40. The van der Waals surface area contributed by atoms with Crippen LogP contribution in [0.25, 0.3) is 0 Å². The molecular formula is C20H39N. The molecule has 0 bridgehead atoms. The van der Waals surface area contributed by atoms with E-state index in [1.807, 2.05) is 0 Å². The lowest BCUT2D eigenvalue weighted by Gasteiger charge is -2.54. The summed E-state index contributed by atoms with van der Waals surface area (Å²) in [5.41, 5.74) is 0.641. The Labute approximate surface area is 133 Å². The predicted octanol–water partition coefficient (Wildman–Crippen LogP) is 6.17. The number of hydrogen-bond donors (Lipinski definition) is 0. The largest absolute Gasteiger partial charge is 0.290 e. The molecule has 0 N–H and O–H groups in total. The second-order valence-electron chi connectivity index (χ2n) is 9.35. The van der Waals surface area contributed by atoms with Crippen LogP contribution >= 0.6 is 0 Å². The van der Waals surface area contributed by atoms with Gasteiger partial charge in [0.05, 0.1) is 0 Å². The van der Waals surface area contributed by atoms with E-state index >= 15 is 0 Å². The SMILES string of the molecule is CC(C)(C)N(C1CCCCC1)C(C)(C)CC1CCCCC1. The third kappa shape index (κ3) is 4.71. The molecule has 0 spiro atoms. The fourth-order valence-corrected chi connectivity index (χ4v) is 5.49. The molecule has 2 saturated carbocycles. The van der Waals surface area contributed by atoms with Crippen molar-refractivity contribution in [3.63, 3.8) is 0 Å². The van der Waals surface area contributed by atoms with Crippen molar-refractivity contribution >= 4 is 0 Å². The molecule has 0 saturated heterocycles. The zero-order valence-electron chi connectivity index (χ0n) is 15.4. The van der Waals surface area contributed by atoms with Gasteiger partial charge in [-0.2, -0.15) is 0 Å². The first-order valence-corrected chi connectivity index (χ1v) is 9.60. The zero-order chi connectivity index (χ0) is 15.5. The van der Waals surface area contributed by atoms with E-state index in [0.717, 1.165) is 12.0 Å². The smallest absolute Gasteiger partial charge is 0.0164 e. The van der Waals surface area contributed by atoms with Crippen molar-refractivity contribution in [2.75, 3.05) is 0 Å². The predicted molar refractivity (Wildman–Crippen MR) is 93.7 cm³/mol. The average molecular weight is 294 g/mol. The quantitative estimate of drug-likeness (QED) is 0.599. The van der Waals surface area contributed by atoms with Gasteiger partial charge in [-0.25, -0.2) is 0 Å². The molecule has 2 aliphatic rings. The lowest BCUT2D eigenvalue weighted by atomic mass is 9.77. The summed E-state index contributed by atoms with van der Waals surface area (Å²) in [6.07, 6.45) is 16.0. The lowest BCUT2D eigenvalue weighted by Crippen LogP contribution is -2.59. The van der Waals surface area contributed by atoms with Gasteiger partial charge < -0.3 is 0 Å². The van der Waals surface area contributed by atoms with Crippen LogP contribution in [-0.4, -0.2) is 22.0 Å². The van der Waals surface area contributed by atoms with Gasteiger partial charge in [0.1, 0.15) is 0 Å². The van der Waals surface area contributed by atoms with Crippen molar-refractivity contribution < 1.29 is 0 Å². The van der Waals surface area contributed by atoms with Gasteiger partial charge in [-0.3, -0.25) is 4.90 Å². The highest BCUT2D eigenvalue weighted by atomic mass is 15.3. The highest BCUT2D eigenvalue weighted by Gasteiger charge is 2.41. The van der Waals surface area contributed by atoms with Gasteiger partial charge in [-0.15, -0.1) is 0 Å². The van der Waals surface area contributed by atoms with Crippen LogP contribution < -0.4 is 0 Å². The minimum atomic E-state index is 0.292. The Morgan fingerprint density at radius 1 is 0.714 bits per heavy atom. The maximum atomic E-state index is 2.91. The first-order chi connectivity index (χ1) is 9.81. The first kappa shape index (κ1) is 17.3. The molecule has 0 aromatic heterocycles. The number of nitrogens with zero attached hydrogens (tertiary/aromatic N) is 1. The minimum Gasteiger partial charge on any atom is -0.290 e. The Bertz CT molecular complexity index is 300. The van der Waals surface area contributed by atoms with E-state index in [9.17, 15) is 0 Å². The zero-order valence-corrected chi connectivity index (χ0v) is 15.4. The molecule has 0 atom stereocenters. The first-order valence-electron chi connectivity index (χ1n) is 9.60. The van der Waals surface area contributed by atoms with Crippen molar-refractivity contribution in [3.05, 3.63) is 0 Å². The van der Waals surface area contributed by atoms with Crippen LogP contribution in [-0.2, 0) is 0 Å². The molecule has 0 heterocycles. The molecule has 0 aliphatic heterocycles. The molecule has 1 heteroatoms. The summed E-state index contributed by atoms with van der Waals surface area (Å²) >= 11 is 0. The van der Waals surface area contributed by atoms with Crippen LogP contribution in [0, 0.1) is 5.92 Å². The van der Waals surface area contributed by atoms with Gasteiger partial charge in [-0.05, 0) is 59.8 Å². The summed E-state index contributed by atoms with van der Waals surface area (Å²) in [5.74, 6) is 0.974. The molecule has 2 rings (SSSR count). The Hall–Kier alpha value is -0.0400. The molecule has 2 aliphatic carbocycles. The Morgan fingerprint density at radius 2 is 1.19 bits per heavy atom. The molecule has 0 unspecified atom stereocenters. The van der Waals surface area contributed by atoms with Gasteiger partial charge in [0, 0.05) is 17.1 Å². The molecule has 124 valence electrons. The summed E-state index contributed by atoms with van der Waals surface area (Å²) in [7, 11) is 0. The van der Waals surface area contributed by atoms with E-state index in [2.05, 4.69) is 39.5 Å². The maximum Gasteiger partial charge on any atom is 0.0164 e. The summed E-state index contributed by atoms with van der Waals surface area (Å²) in [6, 6.07) is 0.817. The van der Waals surface area contributed by atoms with Crippen molar-refractivity contribution in [2.24, 2.45) is 5.92 Å². The van der Waals surface area contributed by atoms with Crippen molar-refractivity contribution in [1.82, 2.24) is 4.90 Å². The Balaban J connectivity index is 2.09. The Kier molecular flexibility index (Phi) is 5.79. The van der Waals surface area contributed by atoms with E-state index in [1.54, 1.807) is 0 Å². The fraction of sp³-hybridized carbons (Fsp3) is 1.00. The highest BCUT2D eigenvalue weighted by molar-refractivity contribution is 4.96. The van der Waals surface area contributed by atoms with Crippen molar-refractivity contribution in [3.8, 4) is 0 Å². The molecular weight excluding hydrogens is 254 g/mol. The van der Waals surface area contributed by atoms with Gasteiger partial charge >= 0.3 is 0 Å². The van der Waals surface area contributed by atoms with Crippen molar-refractivity contribution in [2.45, 2.75) is 122 Å². The van der Waals surface area contributed by atoms with Crippen LogP contribution in [0.15, 0.2) is 0 Å². The summed E-state index contributed by atoms with van der Waals surface area (Å²) < 4.78 is 0. The molecule has 21 heavy (non-hydrogen) atoms. The lowest BCUT2D eigenvalue weighted by molar-refractivity contribution is -0.0415. The summed E-state index contributed by atoms with van der Waals surface area (Å²) in [6.45, 7) is 12.4. The van der Waals surface area contributed by atoms with Gasteiger partial charge in [-0.1, -0.05) is 51.4 Å². The van der Waals surface area contributed by atoms with Crippen LogP contribution in [0.4, 0.5) is 0 Å². The van der Waals surface area contributed by atoms with Gasteiger partial charge in [0.15, 0.2) is 0 Å². The monoisotopic (exact) mass is 293 g/mol. The summed E-state index contributed by atoms with van der Waals surface area (Å²) in [5, 5.41) is 0. The van der Waals surface area contributed by atoms with Gasteiger partial charge in [0.2, 0.25) is 0 Å². The van der Waals surface area contributed by atoms with E-state index in [-0.39, 0.29) is 0 Å². The standard InChI is InChI=1S/C20H39N/c1-19(2,3)21(18-14-10-7-11-15-18)20(4,5)16-17-12-8-6-9-13-17/h17-18H,6-16H2,1-5H3. The Morgan fingerprint density at radius 3 is 1.67 bits per heavy atom. The van der Waals surface area contributed by atoms with Crippen LogP contribution in [0.2, 0.25) is 0 Å². The molecule has 1 nitrogen and oxygen atoms in total. The van der Waals surface area contributed by atoms with E-state index in [0.29, 0.717) is 11.1 Å². The number of rotatable bonds is 4. The molecule has 2 fully saturated rings. The molecule has 0 radical (unpaired) electrons. The van der Waals surface area contributed by atoms with E-state index in [4.69, 9.17) is 0 Å². The third-order valence-electron chi connectivity index (χ3n) is 5.83. The van der Waals surface area contributed by atoms with E-state index in [1.165, 1.54) is 70.6 Å². The topological polar surface area (TPSA) is 3.24 Å². The van der Waals surface area contributed by atoms with Crippen molar-refractivity contribution in [1.29, 1.82) is 0 Å². The second-order valence-corrected chi connectivity index (χ2v) is 9.35. The molecule has 0 aromatic rings. The fourth-order valence-electron chi connectivity index (χ4n) is 5.49. The normalized spacial score (nSPS) is 23.7. The molecule has 0 aromatic carbocycles. The summed E-state index contributed by atoms with van der Waals surface area (Å²) in [4.78, 5) is 2.91. The van der Waals surface area contributed by atoms with Crippen LogP contribution in [0.1, 0.15) is 105 Å². The second kappa shape index (κ2) is 7.02. The molecule has 0 amide bonds. The minimum absolute atomic E-state index is 0.292. The van der Waals surface area contributed by atoms with E-state index < -0.39 is 0 Å². The third-order valence-corrected chi connectivity index (χ3v) is 5.83. The average Bonchev–Trinajstić information content (AvgIpc) is 2.38. The van der Waals surface area contributed by atoms with Gasteiger partial charge in [0.25, 0.3) is 0 Å².